The predicted molar refractivity (Wildman–Crippen MR) is 115 cm³/mol. The fourth-order valence-electron chi connectivity index (χ4n) is 3.20. The predicted octanol–water partition coefficient (Wildman–Crippen LogP) is 2.70. The van der Waals surface area contributed by atoms with Crippen LogP contribution in [-0.2, 0) is 0 Å². The normalized spacial score (nSPS) is 15.1. The molecule has 0 bridgehead atoms. The van der Waals surface area contributed by atoms with Gasteiger partial charge in [-0.05, 0) is 45.3 Å². The fourth-order valence-corrected chi connectivity index (χ4v) is 3.20. The highest BCUT2D eigenvalue weighted by Gasteiger charge is 2.19. The maximum absolute atomic E-state index is 14.0. The third-order valence-corrected chi connectivity index (χ3v) is 4.89. The first-order valence-corrected chi connectivity index (χ1v) is 10.0. The lowest BCUT2D eigenvalue weighted by molar-refractivity contribution is 0.209. The number of pyridine rings is 1. The Morgan fingerprint density at radius 1 is 1.23 bits per heavy atom. The second-order valence-corrected chi connectivity index (χ2v) is 7.58. The van der Waals surface area contributed by atoms with Crippen molar-refractivity contribution in [3.63, 3.8) is 0 Å². The number of nitrogen functional groups attached to an aromatic ring is 1. The molecule has 0 radical (unpaired) electrons. The van der Waals surface area contributed by atoms with Crippen LogP contribution in [0, 0.1) is 5.82 Å². The van der Waals surface area contributed by atoms with Gasteiger partial charge >= 0.3 is 6.03 Å². The molecule has 0 unspecified atom stereocenters. The highest BCUT2D eigenvalue weighted by atomic mass is 19.1. The van der Waals surface area contributed by atoms with E-state index in [1.165, 1.54) is 18.3 Å². The summed E-state index contributed by atoms with van der Waals surface area (Å²) >= 11 is 0. The van der Waals surface area contributed by atoms with Crippen LogP contribution in [0.2, 0.25) is 0 Å². The minimum atomic E-state index is -0.555. The average Bonchev–Trinajstić information content (AvgIpc) is 2.95. The number of halogens is 1. The average molecular weight is 417 g/mol. The zero-order valence-electron chi connectivity index (χ0n) is 17.5. The first-order valence-electron chi connectivity index (χ1n) is 10.0. The molecule has 30 heavy (non-hydrogen) atoms. The van der Waals surface area contributed by atoms with Gasteiger partial charge in [0.25, 0.3) is 0 Å². The lowest BCUT2D eigenvalue weighted by Gasteiger charge is -2.23. The van der Waals surface area contributed by atoms with Crippen LogP contribution >= 0.6 is 0 Å². The van der Waals surface area contributed by atoms with Gasteiger partial charge in [-0.1, -0.05) is 0 Å². The number of nitrogens with two attached hydrogens (primary N) is 1. The highest BCUT2D eigenvalue weighted by molar-refractivity contribution is 5.88. The molecule has 1 aromatic carbocycles. The third-order valence-electron chi connectivity index (χ3n) is 4.89. The van der Waals surface area contributed by atoms with Gasteiger partial charge in [-0.2, -0.15) is 0 Å². The molecule has 2 amide bonds. The van der Waals surface area contributed by atoms with E-state index in [1.54, 1.807) is 23.1 Å². The second-order valence-electron chi connectivity index (χ2n) is 7.58. The molecular formula is C21H29FN6O2. The van der Waals surface area contributed by atoms with Crippen LogP contribution in [-0.4, -0.2) is 79.1 Å². The molecule has 0 saturated carbocycles. The van der Waals surface area contributed by atoms with E-state index in [9.17, 15) is 9.18 Å². The number of ether oxygens (including phenoxy) is 1. The number of carbonyl (C=O) groups excluding carboxylic acids is 1. The summed E-state index contributed by atoms with van der Waals surface area (Å²) in [5.41, 5.74) is 5.88. The van der Waals surface area contributed by atoms with E-state index in [0.29, 0.717) is 30.3 Å². The summed E-state index contributed by atoms with van der Waals surface area (Å²) in [5.74, 6) is 0.218. The van der Waals surface area contributed by atoms with Gasteiger partial charge in [-0.3, -0.25) is 5.32 Å². The number of rotatable bonds is 6. The number of aromatic nitrogens is 1. The van der Waals surface area contributed by atoms with Crippen LogP contribution in [0.5, 0.6) is 11.5 Å². The molecule has 0 atom stereocenters. The van der Waals surface area contributed by atoms with Crippen LogP contribution in [0.1, 0.15) is 6.42 Å². The standard InChI is InChI=1S/C21H29FN6O2/c1-26(2)10-11-27-8-3-9-28(13-12-27)21(29)25-20-15-17(6-7-24-20)30-19-5-4-16(23)14-18(19)22/h4-7,14-15H,3,8-13,23H2,1-2H3,(H,24,25,29). The van der Waals surface area contributed by atoms with E-state index in [4.69, 9.17) is 10.5 Å². The Kier molecular flexibility index (Phi) is 7.42. The van der Waals surface area contributed by atoms with Crippen LogP contribution < -0.4 is 15.8 Å². The Hall–Kier alpha value is -2.91. The fraction of sp³-hybridized carbons (Fsp3) is 0.429. The molecule has 162 valence electrons. The van der Waals surface area contributed by atoms with E-state index in [-0.39, 0.29) is 11.8 Å². The van der Waals surface area contributed by atoms with Crippen LogP contribution in [0.25, 0.3) is 0 Å². The summed E-state index contributed by atoms with van der Waals surface area (Å²) in [6.07, 6.45) is 2.43. The number of carbonyl (C=O) groups is 1. The molecule has 0 spiro atoms. The summed E-state index contributed by atoms with van der Waals surface area (Å²) in [5, 5.41) is 2.81. The van der Waals surface area contributed by atoms with Gasteiger partial charge in [0.15, 0.2) is 11.6 Å². The number of hydrogen-bond donors (Lipinski definition) is 2. The lowest BCUT2D eigenvalue weighted by atomic mass is 10.3. The van der Waals surface area contributed by atoms with E-state index in [2.05, 4.69) is 34.2 Å². The largest absolute Gasteiger partial charge is 0.454 e. The Labute approximate surface area is 176 Å². The molecule has 9 heteroatoms. The SMILES string of the molecule is CN(C)CCN1CCCN(C(=O)Nc2cc(Oc3ccc(N)cc3F)ccn2)CC1. The summed E-state index contributed by atoms with van der Waals surface area (Å²) in [7, 11) is 4.12. The number of likely N-dealkylation sites (N-methyl/N-ethyl adjacent to an activating group) is 1. The summed E-state index contributed by atoms with van der Waals surface area (Å²) in [6, 6.07) is 7.18. The minimum absolute atomic E-state index is 0.0537. The smallest absolute Gasteiger partial charge is 0.323 e. The number of amides is 2. The molecule has 1 aliphatic heterocycles. The zero-order valence-corrected chi connectivity index (χ0v) is 17.5. The maximum Gasteiger partial charge on any atom is 0.323 e. The van der Waals surface area contributed by atoms with Gasteiger partial charge in [0.1, 0.15) is 11.6 Å². The molecular weight excluding hydrogens is 387 g/mol. The molecule has 1 saturated heterocycles. The molecule has 3 rings (SSSR count). The monoisotopic (exact) mass is 416 g/mol. The Morgan fingerprint density at radius 2 is 2.07 bits per heavy atom. The highest BCUT2D eigenvalue weighted by Crippen LogP contribution is 2.26. The van der Waals surface area contributed by atoms with E-state index >= 15 is 0 Å². The van der Waals surface area contributed by atoms with Gasteiger partial charge < -0.3 is 25.2 Å². The van der Waals surface area contributed by atoms with Gasteiger partial charge in [0.05, 0.1) is 0 Å². The first-order chi connectivity index (χ1) is 14.4. The lowest BCUT2D eigenvalue weighted by Crippen LogP contribution is -2.39. The zero-order chi connectivity index (χ0) is 21.5. The summed E-state index contributed by atoms with van der Waals surface area (Å²) in [4.78, 5) is 23.2. The maximum atomic E-state index is 14.0. The quantitative estimate of drug-likeness (QED) is 0.704. The number of nitrogens with zero attached hydrogens (tertiary/aromatic N) is 4. The van der Waals surface area contributed by atoms with Crippen molar-refractivity contribution in [2.75, 3.05) is 64.4 Å². The number of nitrogens with one attached hydrogen (secondary N) is 1. The molecule has 3 N–H and O–H groups in total. The van der Waals surface area contributed by atoms with Crippen molar-refractivity contribution in [3.05, 3.63) is 42.3 Å². The van der Waals surface area contributed by atoms with E-state index in [0.717, 1.165) is 32.6 Å². The van der Waals surface area contributed by atoms with Crippen LogP contribution in [0.4, 0.5) is 20.7 Å². The van der Waals surface area contributed by atoms with Crippen LogP contribution in [0.3, 0.4) is 0 Å². The number of benzene rings is 1. The van der Waals surface area contributed by atoms with Crippen molar-refractivity contribution in [1.82, 2.24) is 19.7 Å². The van der Waals surface area contributed by atoms with Crippen molar-refractivity contribution in [1.29, 1.82) is 0 Å². The molecule has 1 aliphatic rings. The molecule has 2 aromatic rings. The molecule has 2 heterocycles. The second kappa shape index (κ2) is 10.2. The van der Waals surface area contributed by atoms with E-state index in [1.807, 2.05) is 0 Å². The number of anilines is 2. The molecule has 0 aliphatic carbocycles. The molecule has 1 aromatic heterocycles. The first kappa shape index (κ1) is 21.8. The third kappa shape index (κ3) is 6.30. The Bertz CT molecular complexity index is 863. The van der Waals surface area contributed by atoms with Crippen LogP contribution in [0.15, 0.2) is 36.5 Å². The Morgan fingerprint density at radius 3 is 2.83 bits per heavy atom. The number of urea groups is 1. The summed E-state index contributed by atoms with van der Waals surface area (Å²) < 4.78 is 19.5. The van der Waals surface area contributed by atoms with Gasteiger partial charge in [-0.15, -0.1) is 0 Å². The molecule has 1 fully saturated rings. The van der Waals surface area contributed by atoms with Crippen molar-refractivity contribution in [2.45, 2.75) is 6.42 Å². The van der Waals surface area contributed by atoms with Gasteiger partial charge in [-0.25, -0.2) is 14.2 Å². The Balaban J connectivity index is 1.57. The number of hydrogen-bond acceptors (Lipinski definition) is 6. The van der Waals surface area contributed by atoms with Gasteiger partial charge in [0, 0.05) is 56.7 Å². The minimum Gasteiger partial charge on any atom is -0.454 e. The van der Waals surface area contributed by atoms with Crippen molar-refractivity contribution < 1.29 is 13.9 Å². The topological polar surface area (TPSA) is 87.0 Å². The molecule has 8 nitrogen and oxygen atoms in total. The van der Waals surface area contributed by atoms with Crippen molar-refractivity contribution in [2.24, 2.45) is 0 Å². The van der Waals surface area contributed by atoms with Crippen molar-refractivity contribution in [3.8, 4) is 11.5 Å². The summed E-state index contributed by atoms with van der Waals surface area (Å²) in [6.45, 7) is 5.16. The van der Waals surface area contributed by atoms with E-state index < -0.39 is 5.82 Å². The van der Waals surface area contributed by atoms with Crippen molar-refractivity contribution >= 4 is 17.5 Å². The van der Waals surface area contributed by atoms with Gasteiger partial charge in [0.2, 0.25) is 0 Å².